The molecule has 2 aromatic carbocycles. The summed E-state index contributed by atoms with van der Waals surface area (Å²) in [6.45, 7) is 1.92. The zero-order valence-electron chi connectivity index (χ0n) is 11.2. The first-order valence-corrected chi connectivity index (χ1v) is 6.97. The standard InChI is InChI=1S/C16H12ClF3O/c1-9-4-2-3-5-11(9)15-16(8-17,21-15)10-6-12(18)14(20)13(19)7-10/h2-7,15H,8H2,1H3. The molecule has 21 heavy (non-hydrogen) atoms. The van der Waals surface area contributed by atoms with Crippen molar-refractivity contribution in [3.63, 3.8) is 0 Å². The quantitative estimate of drug-likeness (QED) is 0.458. The van der Waals surface area contributed by atoms with Crippen molar-refractivity contribution in [2.24, 2.45) is 0 Å². The zero-order valence-corrected chi connectivity index (χ0v) is 11.9. The van der Waals surface area contributed by atoms with Crippen LogP contribution >= 0.6 is 11.6 Å². The van der Waals surface area contributed by atoms with Gasteiger partial charge in [0.25, 0.3) is 0 Å². The Kier molecular flexibility index (Phi) is 3.46. The summed E-state index contributed by atoms with van der Waals surface area (Å²) in [5.74, 6) is -3.95. The van der Waals surface area contributed by atoms with E-state index in [0.717, 1.165) is 23.3 Å². The van der Waals surface area contributed by atoms with E-state index in [4.69, 9.17) is 16.3 Å². The second-order valence-corrected chi connectivity index (χ2v) is 5.40. The number of benzene rings is 2. The minimum absolute atomic E-state index is 0.0243. The first kappa shape index (κ1) is 14.4. The molecule has 1 aliphatic rings. The SMILES string of the molecule is Cc1ccccc1C1OC1(CCl)c1cc(F)c(F)c(F)c1. The molecular formula is C16H12ClF3O. The summed E-state index contributed by atoms with van der Waals surface area (Å²) in [6.07, 6.45) is -0.388. The highest BCUT2D eigenvalue weighted by molar-refractivity contribution is 6.18. The van der Waals surface area contributed by atoms with Gasteiger partial charge < -0.3 is 4.74 Å². The van der Waals surface area contributed by atoms with Gasteiger partial charge in [-0.2, -0.15) is 0 Å². The van der Waals surface area contributed by atoms with Crippen molar-refractivity contribution in [1.82, 2.24) is 0 Å². The Morgan fingerprint density at radius 3 is 2.33 bits per heavy atom. The molecule has 0 bridgehead atoms. The monoisotopic (exact) mass is 312 g/mol. The minimum atomic E-state index is -1.49. The molecule has 0 aliphatic carbocycles. The molecule has 3 rings (SSSR count). The van der Waals surface area contributed by atoms with Crippen molar-refractivity contribution in [1.29, 1.82) is 0 Å². The third-order valence-electron chi connectivity index (χ3n) is 3.84. The molecule has 2 aromatic rings. The molecule has 5 heteroatoms. The number of ether oxygens (including phenoxy) is 1. The average molecular weight is 313 g/mol. The summed E-state index contributed by atoms with van der Waals surface area (Å²) in [6, 6.07) is 9.43. The van der Waals surface area contributed by atoms with Crippen LogP contribution in [0.15, 0.2) is 36.4 Å². The van der Waals surface area contributed by atoms with Crippen LogP contribution in [0.5, 0.6) is 0 Å². The third-order valence-corrected chi connectivity index (χ3v) is 4.23. The van der Waals surface area contributed by atoms with Crippen LogP contribution in [0.2, 0.25) is 0 Å². The Hall–Kier alpha value is -1.52. The number of alkyl halides is 1. The topological polar surface area (TPSA) is 12.5 Å². The van der Waals surface area contributed by atoms with E-state index in [-0.39, 0.29) is 17.5 Å². The van der Waals surface area contributed by atoms with Crippen LogP contribution in [-0.2, 0) is 10.3 Å². The summed E-state index contributed by atoms with van der Waals surface area (Å²) in [5.41, 5.74) is 1.10. The number of halogens is 4. The largest absolute Gasteiger partial charge is 0.355 e. The van der Waals surface area contributed by atoms with Gasteiger partial charge in [0.15, 0.2) is 17.5 Å². The molecule has 110 valence electrons. The van der Waals surface area contributed by atoms with Gasteiger partial charge in [0.2, 0.25) is 0 Å². The van der Waals surface area contributed by atoms with Crippen molar-refractivity contribution >= 4 is 11.6 Å². The fraction of sp³-hybridized carbons (Fsp3) is 0.250. The van der Waals surface area contributed by atoms with E-state index in [0.29, 0.717) is 0 Å². The summed E-state index contributed by atoms with van der Waals surface area (Å²) < 4.78 is 45.6. The van der Waals surface area contributed by atoms with Crippen LogP contribution < -0.4 is 0 Å². The number of rotatable bonds is 3. The molecular weight excluding hydrogens is 301 g/mol. The highest BCUT2D eigenvalue weighted by atomic mass is 35.5. The first-order chi connectivity index (χ1) is 9.99. The summed E-state index contributed by atoms with van der Waals surface area (Å²) in [4.78, 5) is 0. The summed E-state index contributed by atoms with van der Waals surface area (Å²) in [5, 5.41) is 0. The van der Waals surface area contributed by atoms with Gasteiger partial charge in [0.05, 0.1) is 5.88 Å². The Balaban J connectivity index is 2.03. The lowest BCUT2D eigenvalue weighted by Gasteiger charge is -2.12. The second kappa shape index (κ2) is 5.04. The van der Waals surface area contributed by atoms with E-state index in [1.165, 1.54) is 0 Å². The Morgan fingerprint density at radius 2 is 1.76 bits per heavy atom. The second-order valence-electron chi connectivity index (χ2n) is 5.13. The summed E-state index contributed by atoms with van der Waals surface area (Å²) in [7, 11) is 0. The number of hydrogen-bond donors (Lipinski definition) is 0. The molecule has 1 nitrogen and oxygen atoms in total. The normalized spacial score (nSPS) is 24.1. The molecule has 2 atom stereocenters. The van der Waals surface area contributed by atoms with Gasteiger partial charge in [-0.1, -0.05) is 24.3 Å². The van der Waals surface area contributed by atoms with Crippen molar-refractivity contribution in [2.75, 3.05) is 5.88 Å². The number of epoxide rings is 1. The molecule has 1 aliphatic heterocycles. The van der Waals surface area contributed by atoms with Crippen LogP contribution in [0.25, 0.3) is 0 Å². The van der Waals surface area contributed by atoms with Crippen molar-refractivity contribution < 1.29 is 17.9 Å². The minimum Gasteiger partial charge on any atom is -0.355 e. The van der Waals surface area contributed by atoms with Crippen LogP contribution in [0.1, 0.15) is 22.8 Å². The maximum atomic E-state index is 13.4. The van der Waals surface area contributed by atoms with E-state index >= 15 is 0 Å². The van der Waals surface area contributed by atoms with Gasteiger partial charge in [-0.3, -0.25) is 0 Å². The van der Waals surface area contributed by atoms with Crippen molar-refractivity contribution in [3.05, 3.63) is 70.5 Å². The average Bonchev–Trinajstić information content (AvgIpc) is 3.20. The third kappa shape index (κ3) is 2.23. The molecule has 0 N–H and O–H groups in total. The van der Waals surface area contributed by atoms with E-state index in [2.05, 4.69) is 0 Å². The van der Waals surface area contributed by atoms with Crippen LogP contribution in [0, 0.1) is 24.4 Å². The van der Waals surface area contributed by atoms with E-state index < -0.39 is 23.1 Å². The van der Waals surface area contributed by atoms with Gasteiger partial charge in [0, 0.05) is 0 Å². The zero-order chi connectivity index (χ0) is 15.2. The van der Waals surface area contributed by atoms with Crippen molar-refractivity contribution in [3.8, 4) is 0 Å². The molecule has 1 heterocycles. The van der Waals surface area contributed by atoms with Crippen molar-refractivity contribution in [2.45, 2.75) is 18.6 Å². The molecule has 0 saturated carbocycles. The van der Waals surface area contributed by atoms with E-state index in [9.17, 15) is 13.2 Å². The lowest BCUT2D eigenvalue weighted by molar-refractivity contribution is 0.313. The molecule has 0 radical (unpaired) electrons. The first-order valence-electron chi connectivity index (χ1n) is 6.44. The molecule has 1 fully saturated rings. The smallest absolute Gasteiger partial charge is 0.194 e. The number of hydrogen-bond acceptors (Lipinski definition) is 1. The predicted octanol–water partition coefficient (Wildman–Crippen LogP) is 4.62. The number of aryl methyl sites for hydroxylation is 1. The lowest BCUT2D eigenvalue weighted by atomic mass is 9.91. The highest BCUT2D eigenvalue weighted by Crippen LogP contribution is 2.58. The predicted molar refractivity (Wildman–Crippen MR) is 73.7 cm³/mol. The Labute approximate surface area is 125 Å². The van der Waals surface area contributed by atoms with Gasteiger partial charge >= 0.3 is 0 Å². The van der Waals surface area contributed by atoms with E-state index in [1.807, 2.05) is 31.2 Å². The fourth-order valence-electron chi connectivity index (χ4n) is 2.57. The Morgan fingerprint density at radius 1 is 1.14 bits per heavy atom. The highest BCUT2D eigenvalue weighted by Gasteiger charge is 2.58. The molecule has 0 spiro atoms. The maximum absolute atomic E-state index is 13.4. The van der Waals surface area contributed by atoms with Crippen LogP contribution in [0.4, 0.5) is 13.2 Å². The molecule has 0 amide bonds. The molecule has 2 unspecified atom stereocenters. The van der Waals surface area contributed by atoms with Crippen LogP contribution in [-0.4, -0.2) is 5.88 Å². The van der Waals surface area contributed by atoms with Gasteiger partial charge in [-0.15, -0.1) is 11.6 Å². The van der Waals surface area contributed by atoms with E-state index in [1.54, 1.807) is 0 Å². The molecule has 0 aromatic heterocycles. The van der Waals surface area contributed by atoms with Crippen LogP contribution in [0.3, 0.4) is 0 Å². The lowest BCUT2D eigenvalue weighted by Crippen LogP contribution is -2.14. The Bertz CT molecular complexity index is 681. The fourth-order valence-corrected chi connectivity index (χ4v) is 2.93. The van der Waals surface area contributed by atoms with Gasteiger partial charge in [0.1, 0.15) is 11.7 Å². The van der Waals surface area contributed by atoms with Gasteiger partial charge in [-0.25, -0.2) is 13.2 Å². The van der Waals surface area contributed by atoms with Gasteiger partial charge in [-0.05, 0) is 35.7 Å². The maximum Gasteiger partial charge on any atom is 0.194 e. The summed E-state index contributed by atoms with van der Waals surface area (Å²) >= 11 is 5.97. The molecule has 1 saturated heterocycles.